The molecule has 0 heterocycles. The molecule has 35 heavy (non-hydrogen) atoms. The maximum absolute atomic E-state index is 3.69. The van der Waals surface area contributed by atoms with E-state index in [1.165, 1.54) is 33.4 Å². The molecule has 0 amide bonds. The SMILES string of the molecule is CC1(C)c2ccccc2-c2ccc(N(c3cccc(Br)c3)c3cccc(-c4ccccc4)c3)cc21. The Hall–Kier alpha value is -3.62. The van der Waals surface area contributed by atoms with Crippen LogP contribution in [0.1, 0.15) is 25.0 Å². The molecular weight excluding hydrogens is 490 g/mol. The number of anilines is 3. The third kappa shape index (κ3) is 3.79. The van der Waals surface area contributed by atoms with Gasteiger partial charge in [0.1, 0.15) is 0 Å². The molecule has 0 bridgehead atoms. The van der Waals surface area contributed by atoms with Crippen LogP contribution >= 0.6 is 15.9 Å². The zero-order chi connectivity index (χ0) is 24.0. The van der Waals surface area contributed by atoms with Crippen LogP contribution in [-0.4, -0.2) is 0 Å². The first-order valence-corrected chi connectivity index (χ1v) is 12.8. The van der Waals surface area contributed by atoms with Crippen LogP contribution in [0.3, 0.4) is 0 Å². The van der Waals surface area contributed by atoms with Crippen LogP contribution in [0.4, 0.5) is 17.1 Å². The van der Waals surface area contributed by atoms with Gasteiger partial charge in [0.15, 0.2) is 0 Å². The molecular formula is C33H26BrN. The van der Waals surface area contributed by atoms with Crippen molar-refractivity contribution >= 4 is 33.0 Å². The summed E-state index contributed by atoms with van der Waals surface area (Å²) in [5, 5.41) is 0. The zero-order valence-corrected chi connectivity index (χ0v) is 21.5. The molecule has 0 radical (unpaired) electrons. The molecule has 0 aromatic heterocycles. The van der Waals surface area contributed by atoms with Crippen LogP contribution in [0.25, 0.3) is 22.3 Å². The second-order valence-electron chi connectivity index (χ2n) is 9.63. The lowest BCUT2D eigenvalue weighted by Crippen LogP contribution is -2.16. The Morgan fingerprint density at radius 2 is 1.14 bits per heavy atom. The minimum atomic E-state index is -0.0449. The maximum Gasteiger partial charge on any atom is 0.0472 e. The summed E-state index contributed by atoms with van der Waals surface area (Å²) >= 11 is 3.69. The van der Waals surface area contributed by atoms with Crippen LogP contribution in [-0.2, 0) is 5.41 Å². The smallest absolute Gasteiger partial charge is 0.0472 e. The highest BCUT2D eigenvalue weighted by atomic mass is 79.9. The van der Waals surface area contributed by atoms with Crippen molar-refractivity contribution in [3.05, 3.63) is 137 Å². The van der Waals surface area contributed by atoms with Crippen LogP contribution < -0.4 is 4.90 Å². The Morgan fingerprint density at radius 1 is 0.514 bits per heavy atom. The van der Waals surface area contributed by atoms with Gasteiger partial charge in [-0.3, -0.25) is 0 Å². The summed E-state index contributed by atoms with van der Waals surface area (Å²) in [5.74, 6) is 0. The summed E-state index contributed by atoms with van der Waals surface area (Å²) < 4.78 is 1.06. The Kier molecular flexibility index (Phi) is 5.35. The van der Waals surface area contributed by atoms with Crippen molar-refractivity contribution in [2.24, 2.45) is 0 Å². The van der Waals surface area contributed by atoms with Gasteiger partial charge in [-0.2, -0.15) is 0 Å². The molecule has 0 unspecified atom stereocenters. The molecule has 2 heteroatoms. The van der Waals surface area contributed by atoms with Gasteiger partial charge in [0.05, 0.1) is 0 Å². The van der Waals surface area contributed by atoms with E-state index < -0.39 is 0 Å². The van der Waals surface area contributed by atoms with E-state index in [4.69, 9.17) is 0 Å². The van der Waals surface area contributed by atoms with Crippen molar-refractivity contribution in [1.29, 1.82) is 0 Å². The van der Waals surface area contributed by atoms with Crippen molar-refractivity contribution in [2.45, 2.75) is 19.3 Å². The van der Waals surface area contributed by atoms with Gasteiger partial charge in [0.2, 0.25) is 0 Å². The fourth-order valence-corrected chi connectivity index (χ4v) is 5.74. The molecule has 0 saturated heterocycles. The lowest BCUT2D eigenvalue weighted by atomic mass is 9.82. The number of hydrogen-bond acceptors (Lipinski definition) is 1. The molecule has 0 spiro atoms. The first-order chi connectivity index (χ1) is 17.0. The Bertz CT molecular complexity index is 1530. The van der Waals surface area contributed by atoms with Gasteiger partial charge in [-0.1, -0.05) is 109 Å². The molecule has 5 aromatic carbocycles. The Labute approximate surface area is 215 Å². The summed E-state index contributed by atoms with van der Waals surface area (Å²) in [7, 11) is 0. The number of rotatable bonds is 4. The highest BCUT2D eigenvalue weighted by Crippen LogP contribution is 2.50. The molecule has 0 atom stereocenters. The summed E-state index contributed by atoms with van der Waals surface area (Å²) in [5.41, 5.74) is 11.2. The third-order valence-electron chi connectivity index (χ3n) is 7.10. The van der Waals surface area contributed by atoms with E-state index in [-0.39, 0.29) is 5.41 Å². The van der Waals surface area contributed by atoms with Gasteiger partial charge in [-0.25, -0.2) is 0 Å². The van der Waals surface area contributed by atoms with Crippen molar-refractivity contribution < 1.29 is 0 Å². The fourth-order valence-electron chi connectivity index (χ4n) is 5.35. The predicted molar refractivity (Wildman–Crippen MR) is 152 cm³/mol. The molecule has 0 saturated carbocycles. The number of hydrogen-bond donors (Lipinski definition) is 0. The molecule has 1 aliphatic rings. The molecule has 6 rings (SSSR count). The average molecular weight is 516 g/mol. The van der Waals surface area contributed by atoms with Crippen LogP contribution in [0.2, 0.25) is 0 Å². The van der Waals surface area contributed by atoms with Gasteiger partial charge in [0, 0.05) is 26.9 Å². The molecule has 1 aliphatic carbocycles. The summed E-state index contributed by atoms with van der Waals surface area (Å²) in [4.78, 5) is 2.36. The minimum Gasteiger partial charge on any atom is -0.310 e. The summed E-state index contributed by atoms with van der Waals surface area (Å²) in [6.45, 7) is 4.67. The van der Waals surface area contributed by atoms with Crippen LogP contribution in [0.5, 0.6) is 0 Å². The van der Waals surface area contributed by atoms with E-state index >= 15 is 0 Å². The van der Waals surface area contributed by atoms with Crippen molar-refractivity contribution in [1.82, 2.24) is 0 Å². The average Bonchev–Trinajstić information content (AvgIpc) is 3.12. The fraction of sp³-hybridized carbons (Fsp3) is 0.0909. The second kappa shape index (κ2) is 8.55. The Morgan fingerprint density at radius 3 is 1.94 bits per heavy atom. The highest BCUT2D eigenvalue weighted by Gasteiger charge is 2.35. The van der Waals surface area contributed by atoms with Crippen molar-refractivity contribution in [2.75, 3.05) is 4.90 Å². The molecule has 0 N–H and O–H groups in total. The molecule has 170 valence electrons. The molecule has 1 nitrogen and oxygen atoms in total. The van der Waals surface area contributed by atoms with E-state index in [2.05, 4.69) is 156 Å². The van der Waals surface area contributed by atoms with Gasteiger partial charge in [-0.15, -0.1) is 0 Å². The lowest BCUT2D eigenvalue weighted by Gasteiger charge is -2.28. The minimum absolute atomic E-state index is 0.0449. The highest BCUT2D eigenvalue weighted by molar-refractivity contribution is 9.10. The third-order valence-corrected chi connectivity index (χ3v) is 7.60. The van der Waals surface area contributed by atoms with Gasteiger partial charge in [0.25, 0.3) is 0 Å². The number of halogens is 1. The summed E-state index contributed by atoms with van der Waals surface area (Å²) in [6.07, 6.45) is 0. The normalized spacial score (nSPS) is 13.2. The van der Waals surface area contributed by atoms with E-state index in [0.29, 0.717) is 0 Å². The molecule has 5 aromatic rings. The quantitative estimate of drug-likeness (QED) is 0.230. The topological polar surface area (TPSA) is 3.24 Å². The molecule has 0 aliphatic heterocycles. The largest absolute Gasteiger partial charge is 0.310 e. The number of benzene rings is 5. The van der Waals surface area contributed by atoms with E-state index in [1.54, 1.807) is 0 Å². The van der Waals surface area contributed by atoms with Gasteiger partial charge < -0.3 is 4.90 Å². The first-order valence-electron chi connectivity index (χ1n) is 12.0. The maximum atomic E-state index is 3.69. The predicted octanol–water partition coefficient (Wildman–Crippen LogP) is 9.89. The van der Waals surface area contributed by atoms with Crippen LogP contribution in [0.15, 0.2) is 126 Å². The van der Waals surface area contributed by atoms with Gasteiger partial charge in [-0.05, 0) is 75.8 Å². The monoisotopic (exact) mass is 515 g/mol. The van der Waals surface area contributed by atoms with E-state index in [0.717, 1.165) is 21.5 Å². The van der Waals surface area contributed by atoms with E-state index in [1.807, 2.05) is 0 Å². The van der Waals surface area contributed by atoms with Crippen molar-refractivity contribution in [3.8, 4) is 22.3 Å². The standard InChI is InChI=1S/C33H26BrN/c1-33(2)31-17-7-6-16-29(31)30-19-18-28(22-32(30)33)35(27-15-9-13-25(34)21-27)26-14-8-12-24(20-26)23-10-4-3-5-11-23/h3-22H,1-2H3. The number of nitrogens with zero attached hydrogens (tertiary/aromatic N) is 1. The van der Waals surface area contributed by atoms with E-state index in [9.17, 15) is 0 Å². The van der Waals surface area contributed by atoms with Crippen molar-refractivity contribution in [3.63, 3.8) is 0 Å². The Balaban J connectivity index is 1.53. The molecule has 0 fully saturated rings. The number of fused-ring (bicyclic) bond motifs is 3. The van der Waals surface area contributed by atoms with Gasteiger partial charge >= 0.3 is 0 Å². The zero-order valence-electron chi connectivity index (χ0n) is 19.9. The lowest BCUT2D eigenvalue weighted by molar-refractivity contribution is 0.660. The second-order valence-corrected chi connectivity index (χ2v) is 10.5. The van der Waals surface area contributed by atoms with Crippen LogP contribution in [0, 0.1) is 0 Å². The first kappa shape index (κ1) is 21.9. The summed E-state index contributed by atoms with van der Waals surface area (Å²) in [6, 6.07) is 43.6.